The van der Waals surface area contributed by atoms with Gasteiger partial charge in [0.25, 0.3) is 0 Å². The van der Waals surface area contributed by atoms with E-state index in [-0.39, 0.29) is 10.5 Å². The lowest BCUT2D eigenvalue weighted by Crippen LogP contribution is -2.33. The van der Waals surface area contributed by atoms with E-state index in [1.807, 2.05) is 0 Å². The molecule has 6 nitrogen and oxygen atoms in total. The van der Waals surface area contributed by atoms with Gasteiger partial charge >= 0.3 is 5.97 Å². The zero-order chi connectivity index (χ0) is 14.6. The van der Waals surface area contributed by atoms with Gasteiger partial charge in [0, 0.05) is 13.1 Å². The zero-order valence-electron chi connectivity index (χ0n) is 11.1. The maximum Gasteiger partial charge on any atom is 0.335 e. The third kappa shape index (κ3) is 3.78. The molecule has 0 spiro atoms. The van der Waals surface area contributed by atoms with E-state index < -0.39 is 16.0 Å². The van der Waals surface area contributed by atoms with Gasteiger partial charge in [0.2, 0.25) is 10.0 Å². The summed E-state index contributed by atoms with van der Waals surface area (Å²) in [5, 5.41) is 8.87. The Morgan fingerprint density at radius 3 is 2.65 bits per heavy atom. The van der Waals surface area contributed by atoms with E-state index in [0.717, 1.165) is 25.9 Å². The molecule has 0 unspecified atom stereocenters. The highest BCUT2D eigenvalue weighted by Crippen LogP contribution is 2.12. The first kappa shape index (κ1) is 15.0. The number of nitrogens with zero attached hydrogens (tertiary/aromatic N) is 1. The van der Waals surface area contributed by atoms with Gasteiger partial charge in [0.05, 0.1) is 10.5 Å². The summed E-state index contributed by atoms with van der Waals surface area (Å²) in [7, 11) is -3.65. The molecular weight excluding hydrogens is 280 g/mol. The maximum absolute atomic E-state index is 12.1. The third-order valence-electron chi connectivity index (χ3n) is 3.31. The molecule has 1 heterocycles. The Bertz CT molecular complexity index is 580. The van der Waals surface area contributed by atoms with Gasteiger partial charge in [-0.15, -0.1) is 0 Å². The third-order valence-corrected chi connectivity index (χ3v) is 4.77. The maximum atomic E-state index is 12.1. The van der Waals surface area contributed by atoms with Crippen LogP contribution in [0.1, 0.15) is 23.2 Å². The second kappa shape index (κ2) is 6.34. The molecule has 1 aromatic carbocycles. The molecule has 1 fully saturated rings. The van der Waals surface area contributed by atoms with Gasteiger partial charge in [-0.05, 0) is 44.1 Å². The van der Waals surface area contributed by atoms with Crippen molar-refractivity contribution in [3.8, 4) is 0 Å². The fraction of sp³-hybridized carbons (Fsp3) is 0.462. The molecule has 2 rings (SSSR count). The summed E-state index contributed by atoms with van der Waals surface area (Å²) in [5.74, 6) is -1.14. The molecule has 1 aromatic rings. The molecule has 1 saturated heterocycles. The van der Waals surface area contributed by atoms with Gasteiger partial charge in [-0.1, -0.05) is 6.07 Å². The minimum Gasteiger partial charge on any atom is -0.478 e. The van der Waals surface area contributed by atoms with Crippen molar-refractivity contribution in [3.05, 3.63) is 29.8 Å². The summed E-state index contributed by atoms with van der Waals surface area (Å²) in [4.78, 5) is 13.0. The summed E-state index contributed by atoms with van der Waals surface area (Å²) >= 11 is 0. The van der Waals surface area contributed by atoms with Gasteiger partial charge in [-0.25, -0.2) is 17.9 Å². The van der Waals surface area contributed by atoms with Gasteiger partial charge in [0.1, 0.15) is 0 Å². The first-order valence-corrected chi connectivity index (χ1v) is 8.03. The quantitative estimate of drug-likeness (QED) is 0.809. The fourth-order valence-electron chi connectivity index (χ4n) is 2.22. The fourth-order valence-corrected chi connectivity index (χ4v) is 3.29. The molecule has 0 bridgehead atoms. The zero-order valence-corrected chi connectivity index (χ0v) is 11.9. The summed E-state index contributed by atoms with van der Waals surface area (Å²) in [5.41, 5.74) is -0.0348. The van der Waals surface area contributed by atoms with E-state index in [2.05, 4.69) is 9.62 Å². The average Bonchev–Trinajstić information content (AvgIpc) is 2.92. The van der Waals surface area contributed by atoms with Crippen molar-refractivity contribution in [3.63, 3.8) is 0 Å². The molecular formula is C13H18N2O4S. The summed E-state index contributed by atoms with van der Waals surface area (Å²) in [6, 6.07) is 5.36. The van der Waals surface area contributed by atoms with Crippen molar-refractivity contribution >= 4 is 16.0 Å². The Labute approximate surface area is 118 Å². The van der Waals surface area contributed by atoms with E-state index in [9.17, 15) is 13.2 Å². The number of carbonyl (C=O) groups is 1. The summed E-state index contributed by atoms with van der Waals surface area (Å²) in [6.45, 7) is 3.03. The highest BCUT2D eigenvalue weighted by atomic mass is 32.2. The molecule has 0 saturated carbocycles. The van der Waals surface area contributed by atoms with E-state index in [0.29, 0.717) is 13.1 Å². The molecule has 7 heteroatoms. The number of sulfonamides is 1. The van der Waals surface area contributed by atoms with Crippen LogP contribution in [0.4, 0.5) is 0 Å². The predicted octanol–water partition coefficient (Wildman–Crippen LogP) is 0.759. The van der Waals surface area contributed by atoms with Crippen LogP contribution in [0.25, 0.3) is 0 Å². The van der Waals surface area contributed by atoms with Gasteiger partial charge in [0.15, 0.2) is 0 Å². The first-order chi connectivity index (χ1) is 9.49. The van der Waals surface area contributed by atoms with Crippen LogP contribution in [0.3, 0.4) is 0 Å². The normalized spacial score (nSPS) is 16.4. The Morgan fingerprint density at radius 1 is 1.30 bits per heavy atom. The molecule has 1 aliphatic heterocycles. The lowest BCUT2D eigenvalue weighted by Gasteiger charge is -2.14. The Hall–Kier alpha value is -1.44. The average molecular weight is 298 g/mol. The van der Waals surface area contributed by atoms with Gasteiger partial charge in [-0.3, -0.25) is 0 Å². The van der Waals surface area contributed by atoms with Crippen LogP contribution in [-0.2, 0) is 10.0 Å². The molecule has 0 amide bonds. The molecule has 20 heavy (non-hydrogen) atoms. The van der Waals surface area contributed by atoms with E-state index >= 15 is 0 Å². The Morgan fingerprint density at radius 2 is 2.00 bits per heavy atom. The molecule has 110 valence electrons. The van der Waals surface area contributed by atoms with Crippen molar-refractivity contribution in [1.82, 2.24) is 9.62 Å². The number of carboxylic acid groups (broad SMARTS) is 1. The first-order valence-electron chi connectivity index (χ1n) is 6.54. The van der Waals surface area contributed by atoms with E-state index in [1.54, 1.807) is 0 Å². The number of benzene rings is 1. The van der Waals surface area contributed by atoms with E-state index in [1.165, 1.54) is 24.3 Å². The highest BCUT2D eigenvalue weighted by molar-refractivity contribution is 7.89. The predicted molar refractivity (Wildman–Crippen MR) is 74.3 cm³/mol. The van der Waals surface area contributed by atoms with Crippen molar-refractivity contribution in [1.29, 1.82) is 0 Å². The number of hydrogen-bond donors (Lipinski definition) is 2. The standard InChI is InChI=1S/C13H18N2O4S/c16-13(17)11-4-3-5-12(10-11)20(18,19)14-6-9-15-7-1-2-8-15/h3-5,10,14H,1-2,6-9H2,(H,16,17). The minimum absolute atomic E-state index is 0.0150. The number of nitrogens with one attached hydrogen (secondary N) is 1. The second-order valence-corrected chi connectivity index (χ2v) is 6.55. The minimum atomic E-state index is -3.65. The Balaban J connectivity index is 1.98. The molecule has 0 radical (unpaired) electrons. The van der Waals surface area contributed by atoms with Crippen molar-refractivity contribution < 1.29 is 18.3 Å². The van der Waals surface area contributed by atoms with Crippen molar-refractivity contribution in [2.45, 2.75) is 17.7 Å². The molecule has 2 N–H and O–H groups in total. The molecule has 1 aliphatic rings. The molecule has 0 aromatic heterocycles. The Kier molecular flexibility index (Phi) is 4.74. The van der Waals surface area contributed by atoms with Crippen LogP contribution >= 0.6 is 0 Å². The lowest BCUT2D eigenvalue weighted by molar-refractivity contribution is 0.0696. The van der Waals surface area contributed by atoms with Crippen LogP contribution in [0.2, 0.25) is 0 Å². The smallest absolute Gasteiger partial charge is 0.335 e. The molecule has 0 atom stereocenters. The van der Waals surface area contributed by atoms with Gasteiger partial charge in [-0.2, -0.15) is 0 Å². The number of aromatic carboxylic acids is 1. The van der Waals surface area contributed by atoms with Crippen LogP contribution < -0.4 is 4.72 Å². The lowest BCUT2D eigenvalue weighted by atomic mass is 10.2. The van der Waals surface area contributed by atoms with Crippen LogP contribution in [0.5, 0.6) is 0 Å². The SMILES string of the molecule is O=C(O)c1cccc(S(=O)(=O)NCCN2CCCC2)c1. The second-order valence-electron chi connectivity index (χ2n) is 4.78. The number of rotatable bonds is 6. The van der Waals surface area contributed by atoms with Crippen molar-refractivity contribution in [2.75, 3.05) is 26.2 Å². The van der Waals surface area contributed by atoms with Crippen LogP contribution in [-0.4, -0.2) is 50.6 Å². The topological polar surface area (TPSA) is 86.7 Å². The number of carboxylic acids is 1. The monoisotopic (exact) mass is 298 g/mol. The van der Waals surface area contributed by atoms with Crippen LogP contribution in [0.15, 0.2) is 29.2 Å². The largest absolute Gasteiger partial charge is 0.478 e. The van der Waals surface area contributed by atoms with E-state index in [4.69, 9.17) is 5.11 Å². The molecule has 0 aliphatic carbocycles. The number of hydrogen-bond acceptors (Lipinski definition) is 4. The summed E-state index contributed by atoms with van der Waals surface area (Å²) < 4.78 is 26.6. The van der Waals surface area contributed by atoms with Crippen LogP contribution in [0, 0.1) is 0 Å². The van der Waals surface area contributed by atoms with Gasteiger partial charge < -0.3 is 10.0 Å². The number of likely N-dealkylation sites (tertiary alicyclic amines) is 1. The highest BCUT2D eigenvalue weighted by Gasteiger charge is 2.17. The van der Waals surface area contributed by atoms with Crippen molar-refractivity contribution in [2.24, 2.45) is 0 Å². The summed E-state index contributed by atoms with van der Waals surface area (Å²) in [6.07, 6.45) is 2.32.